The molecule has 28 heavy (non-hydrogen) atoms. The minimum absolute atomic E-state index is 0.111. The summed E-state index contributed by atoms with van der Waals surface area (Å²) in [6.45, 7) is 6.84. The number of hydrogen-bond donors (Lipinski definition) is 2. The van der Waals surface area contributed by atoms with Crippen LogP contribution in [0, 0.1) is 0 Å². The Morgan fingerprint density at radius 2 is 1.96 bits per heavy atom. The minimum Gasteiger partial charge on any atom is -0.379 e. The number of ether oxygens (including phenoxy) is 1. The molecule has 2 N–H and O–H groups in total. The zero-order valence-electron chi connectivity index (χ0n) is 16.1. The zero-order valence-corrected chi connectivity index (χ0v) is 16.1. The maximum atomic E-state index is 12.4. The summed E-state index contributed by atoms with van der Waals surface area (Å²) in [4.78, 5) is 40.9. The summed E-state index contributed by atoms with van der Waals surface area (Å²) >= 11 is 0. The van der Waals surface area contributed by atoms with E-state index in [0.29, 0.717) is 32.0 Å². The second-order valence-corrected chi connectivity index (χ2v) is 7.55. The molecule has 0 unspecified atom stereocenters. The third-order valence-electron chi connectivity index (χ3n) is 5.70. The fourth-order valence-electron chi connectivity index (χ4n) is 4.19. The Hall–Kier alpha value is -2.45. The van der Waals surface area contributed by atoms with Gasteiger partial charge in [0.2, 0.25) is 5.91 Å². The number of carbonyl (C=O) groups is 3. The molecule has 3 heterocycles. The van der Waals surface area contributed by atoms with E-state index in [0.717, 1.165) is 49.3 Å². The topological polar surface area (TPSA) is 91.0 Å². The maximum absolute atomic E-state index is 12.4. The summed E-state index contributed by atoms with van der Waals surface area (Å²) < 4.78 is 5.29. The Kier molecular flexibility index (Phi) is 5.32. The molecule has 1 aromatic carbocycles. The highest BCUT2D eigenvalue weighted by Crippen LogP contribution is 2.44. The van der Waals surface area contributed by atoms with E-state index in [1.54, 1.807) is 0 Å². The standard InChI is InChI=1S/C20H26N4O4/c1-13-16-12-15(11-14-3-2-5-24(17(14)16)20(13)27)22-19(26)18(25)21-4-6-23-7-9-28-10-8-23/h11-13H,2-10H2,1H3,(H,21,25)(H,22,26)/t13-/m0/s1. The van der Waals surface area contributed by atoms with Crippen molar-refractivity contribution in [1.82, 2.24) is 10.2 Å². The van der Waals surface area contributed by atoms with Crippen LogP contribution in [0.15, 0.2) is 12.1 Å². The van der Waals surface area contributed by atoms with E-state index in [4.69, 9.17) is 4.74 Å². The second kappa shape index (κ2) is 7.89. The monoisotopic (exact) mass is 386 g/mol. The van der Waals surface area contributed by atoms with Gasteiger partial charge in [-0.1, -0.05) is 0 Å². The van der Waals surface area contributed by atoms with Crippen LogP contribution in [0.4, 0.5) is 11.4 Å². The van der Waals surface area contributed by atoms with Crippen LogP contribution >= 0.6 is 0 Å². The number of benzene rings is 1. The van der Waals surface area contributed by atoms with Crippen molar-refractivity contribution in [3.63, 3.8) is 0 Å². The van der Waals surface area contributed by atoms with E-state index in [-0.39, 0.29) is 11.8 Å². The van der Waals surface area contributed by atoms with Gasteiger partial charge in [0.25, 0.3) is 0 Å². The Morgan fingerprint density at radius 1 is 1.18 bits per heavy atom. The maximum Gasteiger partial charge on any atom is 0.313 e. The highest BCUT2D eigenvalue weighted by molar-refractivity contribution is 6.39. The first-order valence-corrected chi connectivity index (χ1v) is 9.92. The van der Waals surface area contributed by atoms with Gasteiger partial charge in [-0.25, -0.2) is 0 Å². The number of morpholine rings is 1. The van der Waals surface area contributed by atoms with Gasteiger partial charge >= 0.3 is 11.8 Å². The lowest BCUT2D eigenvalue weighted by Gasteiger charge is -2.26. The average molecular weight is 386 g/mol. The summed E-state index contributed by atoms with van der Waals surface area (Å²) in [5.41, 5.74) is 3.57. The lowest BCUT2D eigenvalue weighted by Crippen LogP contribution is -2.43. The van der Waals surface area contributed by atoms with Gasteiger partial charge in [-0.15, -0.1) is 0 Å². The normalized spacial score (nSPS) is 21.4. The summed E-state index contributed by atoms with van der Waals surface area (Å²) in [6, 6.07) is 3.71. The van der Waals surface area contributed by atoms with Crippen LogP contribution in [0.5, 0.6) is 0 Å². The van der Waals surface area contributed by atoms with Crippen LogP contribution < -0.4 is 15.5 Å². The molecular formula is C20H26N4O4. The number of amides is 3. The summed E-state index contributed by atoms with van der Waals surface area (Å²) in [5.74, 6) is -1.43. The van der Waals surface area contributed by atoms with Gasteiger partial charge in [-0.2, -0.15) is 0 Å². The largest absolute Gasteiger partial charge is 0.379 e. The molecule has 1 aromatic rings. The van der Waals surface area contributed by atoms with Gasteiger partial charge in [-0.05, 0) is 43.0 Å². The van der Waals surface area contributed by atoms with Crippen molar-refractivity contribution < 1.29 is 19.1 Å². The van der Waals surface area contributed by atoms with Crippen molar-refractivity contribution in [2.45, 2.75) is 25.7 Å². The van der Waals surface area contributed by atoms with Gasteiger partial charge in [-0.3, -0.25) is 19.3 Å². The Balaban J connectivity index is 1.37. The second-order valence-electron chi connectivity index (χ2n) is 7.55. The molecule has 1 atom stereocenters. The fourth-order valence-corrected chi connectivity index (χ4v) is 4.19. The van der Waals surface area contributed by atoms with Crippen molar-refractivity contribution in [2.24, 2.45) is 0 Å². The number of hydrogen-bond acceptors (Lipinski definition) is 5. The predicted octanol–water partition coefficient (Wildman–Crippen LogP) is 0.470. The van der Waals surface area contributed by atoms with Crippen molar-refractivity contribution in [3.05, 3.63) is 23.3 Å². The van der Waals surface area contributed by atoms with Gasteiger partial charge < -0.3 is 20.3 Å². The number of rotatable bonds is 4. The SMILES string of the molecule is C[C@@H]1C(=O)N2CCCc3cc(NC(=O)C(=O)NCCN4CCOCC4)cc1c32. The Morgan fingerprint density at radius 3 is 2.75 bits per heavy atom. The van der Waals surface area contributed by atoms with E-state index < -0.39 is 11.8 Å². The highest BCUT2D eigenvalue weighted by Gasteiger charge is 2.38. The minimum atomic E-state index is -0.682. The summed E-state index contributed by atoms with van der Waals surface area (Å²) in [5, 5.41) is 5.36. The Bertz CT molecular complexity index is 804. The first-order valence-electron chi connectivity index (χ1n) is 9.92. The van der Waals surface area contributed by atoms with Crippen LogP contribution in [0.3, 0.4) is 0 Å². The van der Waals surface area contributed by atoms with E-state index in [1.807, 2.05) is 24.0 Å². The average Bonchev–Trinajstić information content (AvgIpc) is 2.95. The van der Waals surface area contributed by atoms with Crippen LogP contribution in [0.25, 0.3) is 0 Å². The molecule has 0 spiro atoms. The van der Waals surface area contributed by atoms with Gasteiger partial charge in [0, 0.05) is 38.4 Å². The van der Waals surface area contributed by atoms with Crippen LogP contribution in [0.2, 0.25) is 0 Å². The van der Waals surface area contributed by atoms with Crippen molar-refractivity contribution in [1.29, 1.82) is 0 Å². The van der Waals surface area contributed by atoms with E-state index in [2.05, 4.69) is 15.5 Å². The summed E-state index contributed by atoms with van der Waals surface area (Å²) in [6.07, 6.45) is 1.78. The fraction of sp³-hybridized carbons (Fsp3) is 0.550. The lowest BCUT2D eigenvalue weighted by molar-refractivity contribution is -0.136. The molecule has 150 valence electrons. The van der Waals surface area contributed by atoms with Gasteiger partial charge in [0.1, 0.15) is 0 Å². The van der Waals surface area contributed by atoms with Crippen LogP contribution in [-0.4, -0.2) is 68.6 Å². The number of nitrogens with one attached hydrogen (secondary N) is 2. The molecule has 1 fully saturated rings. The van der Waals surface area contributed by atoms with Crippen molar-refractivity contribution in [2.75, 3.05) is 56.2 Å². The molecule has 0 saturated carbocycles. The third-order valence-corrected chi connectivity index (χ3v) is 5.70. The van der Waals surface area contributed by atoms with Gasteiger partial charge in [0.15, 0.2) is 0 Å². The number of carbonyl (C=O) groups excluding carboxylic acids is 3. The van der Waals surface area contributed by atoms with Crippen LogP contribution in [-0.2, 0) is 25.5 Å². The molecule has 4 rings (SSSR count). The summed E-state index contributed by atoms with van der Waals surface area (Å²) in [7, 11) is 0. The lowest BCUT2D eigenvalue weighted by atomic mass is 9.96. The predicted molar refractivity (Wildman–Crippen MR) is 104 cm³/mol. The molecule has 8 heteroatoms. The molecule has 3 aliphatic rings. The van der Waals surface area contributed by atoms with E-state index >= 15 is 0 Å². The third kappa shape index (κ3) is 3.62. The smallest absolute Gasteiger partial charge is 0.313 e. The molecule has 0 bridgehead atoms. The van der Waals surface area contributed by atoms with E-state index in [1.165, 1.54) is 0 Å². The van der Waals surface area contributed by atoms with Crippen molar-refractivity contribution >= 4 is 29.1 Å². The van der Waals surface area contributed by atoms with Crippen molar-refractivity contribution in [3.8, 4) is 0 Å². The molecule has 3 aliphatic heterocycles. The van der Waals surface area contributed by atoms with E-state index in [9.17, 15) is 14.4 Å². The number of nitrogens with zero attached hydrogens (tertiary/aromatic N) is 2. The number of anilines is 2. The molecule has 0 radical (unpaired) electrons. The zero-order chi connectivity index (χ0) is 19.7. The molecule has 3 amide bonds. The molecule has 0 aromatic heterocycles. The molecule has 0 aliphatic carbocycles. The molecular weight excluding hydrogens is 360 g/mol. The molecule has 1 saturated heterocycles. The number of aryl methyl sites for hydroxylation is 1. The Labute approximate surface area is 164 Å². The first kappa shape index (κ1) is 18.9. The molecule has 8 nitrogen and oxygen atoms in total. The van der Waals surface area contributed by atoms with Crippen LogP contribution in [0.1, 0.15) is 30.4 Å². The quantitative estimate of drug-likeness (QED) is 0.734. The van der Waals surface area contributed by atoms with Gasteiger partial charge in [0.05, 0.1) is 24.8 Å². The first-order chi connectivity index (χ1) is 13.5. The highest BCUT2D eigenvalue weighted by atomic mass is 16.5.